The second-order valence-corrected chi connectivity index (χ2v) is 6.26. The average molecular weight is 378 g/mol. The quantitative estimate of drug-likeness (QED) is 0.457. The van der Waals surface area contributed by atoms with Gasteiger partial charge in [-0.25, -0.2) is 0 Å². The summed E-state index contributed by atoms with van der Waals surface area (Å²) in [6.45, 7) is 2.25. The fourth-order valence-electron chi connectivity index (χ4n) is 2.66. The van der Waals surface area contributed by atoms with E-state index < -0.39 is 0 Å². The van der Waals surface area contributed by atoms with Crippen LogP contribution in [0.25, 0.3) is 5.69 Å². The zero-order valence-electron chi connectivity index (χ0n) is 15.7. The highest BCUT2D eigenvalue weighted by atomic mass is 16.5. The Labute approximate surface area is 163 Å². The molecule has 0 spiro atoms. The van der Waals surface area contributed by atoms with Crippen molar-refractivity contribution in [3.05, 3.63) is 72.3 Å². The number of hydrogen-bond donors (Lipinski definition) is 1. The second-order valence-electron chi connectivity index (χ2n) is 6.26. The van der Waals surface area contributed by atoms with Gasteiger partial charge in [0.25, 0.3) is 0 Å². The summed E-state index contributed by atoms with van der Waals surface area (Å²) in [7, 11) is 0. The molecule has 1 aromatic heterocycles. The molecule has 3 aromatic rings. The van der Waals surface area contributed by atoms with Crippen molar-refractivity contribution in [3.8, 4) is 11.4 Å². The van der Waals surface area contributed by atoms with Crippen LogP contribution in [0.5, 0.6) is 5.75 Å². The van der Waals surface area contributed by atoms with E-state index in [9.17, 15) is 9.59 Å². The number of ether oxygens (including phenoxy) is 1. The Balaban J connectivity index is 1.40. The van der Waals surface area contributed by atoms with E-state index in [-0.39, 0.29) is 11.7 Å². The fourth-order valence-corrected chi connectivity index (χ4v) is 2.66. The number of amides is 1. The van der Waals surface area contributed by atoms with Gasteiger partial charge < -0.3 is 10.1 Å². The molecule has 144 valence electrons. The SMILES string of the molecule is CC(=O)c1ccc(OCCCC(=O)NCc2nncn2-c2ccccc2)cc1. The van der Waals surface area contributed by atoms with Crippen LogP contribution in [0.1, 0.15) is 35.9 Å². The van der Waals surface area contributed by atoms with Gasteiger partial charge in [0.2, 0.25) is 5.91 Å². The summed E-state index contributed by atoms with van der Waals surface area (Å²) in [5.41, 5.74) is 1.59. The van der Waals surface area contributed by atoms with Gasteiger partial charge in [0.05, 0.1) is 13.2 Å². The van der Waals surface area contributed by atoms with Crippen LogP contribution >= 0.6 is 0 Å². The lowest BCUT2D eigenvalue weighted by Gasteiger charge is -2.09. The number of rotatable bonds is 9. The van der Waals surface area contributed by atoms with Gasteiger partial charge in [-0.1, -0.05) is 18.2 Å². The molecule has 1 heterocycles. The zero-order valence-corrected chi connectivity index (χ0v) is 15.7. The van der Waals surface area contributed by atoms with Crippen LogP contribution in [0, 0.1) is 0 Å². The van der Waals surface area contributed by atoms with E-state index in [0.29, 0.717) is 43.1 Å². The number of hydrogen-bond acceptors (Lipinski definition) is 5. The molecule has 0 aliphatic rings. The van der Waals surface area contributed by atoms with E-state index in [2.05, 4.69) is 15.5 Å². The summed E-state index contributed by atoms with van der Waals surface area (Å²) < 4.78 is 7.44. The number of para-hydroxylation sites is 1. The number of ketones is 1. The highest BCUT2D eigenvalue weighted by molar-refractivity contribution is 5.94. The standard InChI is InChI=1S/C21H22N4O3/c1-16(26)17-9-11-19(12-10-17)28-13-5-8-21(27)22-14-20-24-23-15-25(20)18-6-3-2-4-7-18/h2-4,6-7,9-12,15H,5,8,13-14H2,1H3,(H,22,27). The van der Waals surface area contributed by atoms with Gasteiger partial charge in [-0.2, -0.15) is 0 Å². The summed E-state index contributed by atoms with van der Waals surface area (Å²) >= 11 is 0. The maximum absolute atomic E-state index is 12.1. The molecule has 2 aromatic carbocycles. The number of benzene rings is 2. The minimum atomic E-state index is -0.0712. The lowest BCUT2D eigenvalue weighted by Crippen LogP contribution is -2.24. The summed E-state index contributed by atoms with van der Waals surface area (Å²) in [5.74, 6) is 1.30. The van der Waals surface area contributed by atoms with Gasteiger partial charge in [-0.15, -0.1) is 10.2 Å². The van der Waals surface area contributed by atoms with Crippen LogP contribution < -0.4 is 10.1 Å². The van der Waals surface area contributed by atoms with E-state index in [4.69, 9.17) is 4.74 Å². The third-order valence-corrected chi connectivity index (χ3v) is 4.17. The molecule has 7 nitrogen and oxygen atoms in total. The normalized spacial score (nSPS) is 10.5. The Morgan fingerprint density at radius 3 is 2.54 bits per heavy atom. The average Bonchev–Trinajstić information content (AvgIpc) is 3.19. The minimum absolute atomic E-state index is 0.0197. The van der Waals surface area contributed by atoms with Crippen LogP contribution in [0.3, 0.4) is 0 Å². The summed E-state index contributed by atoms with van der Waals surface area (Å²) in [4.78, 5) is 23.3. The van der Waals surface area contributed by atoms with E-state index in [1.807, 2.05) is 34.9 Å². The van der Waals surface area contributed by atoms with Crippen molar-refractivity contribution in [3.63, 3.8) is 0 Å². The molecule has 28 heavy (non-hydrogen) atoms. The maximum atomic E-state index is 12.1. The molecule has 1 N–H and O–H groups in total. The lowest BCUT2D eigenvalue weighted by molar-refractivity contribution is -0.121. The van der Waals surface area contributed by atoms with E-state index in [0.717, 1.165) is 5.69 Å². The minimum Gasteiger partial charge on any atom is -0.494 e. The first-order chi connectivity index (χ1) is 13.6. The highest BCUT2D eigenvalue weighted by Crippen LogP contribution is 2.13. The number of carbonyl (C=O) groups is 2. The molecule has 0 atom stereocenters. The van der Waals surface area contributed by atoms with Crippen molar-refractivity contribution < 1.29 is 14.3 Å². The predicted molar refractivity (Wildman–Crippen MR) is 104 cm³/mol. The van der Waals surface area contributed by atoms with Crippen LogP contribution in [-0.4, -0.2) is 33.1 Å². The lowest BCUT2D eigenvalue weighted by atomic mass is 10.1. The van der Waals surface area contributed by atoms with Crippen molar-refractivity contribution >= 4 is 11.7 Å². The molecule has 0 radical (unpaired) electrons. The first-order valence-electron chi connectivity index (χ1n) is 9.08. The first kappa shape index (κ1) is 19.3. The Bertz CT molecular complexity index is 920. The molecular formula is C21H22N4O3. The number of Topliss-reactive ketones (excluding diaryl/α,β-unsaturated/α-hetero) is 1. The van der Waals surface area contributed by atoms with E-state index in [1.165, 1.54) is 6.92 Å². The smallest absolute Gasteiger partial charge is 0.220 e. The topological polar surface area (TPSA) is 86.1 Å². The molecule has 0 saturated heterocycles. The van der Waals surface area contributed by atoms with Crippen molar-refractivity contribution in [2.75, 3.05) is 6.61 Å². The molecule has 3 rings (SSSR count). The maximum Gasteiger partial charge on any atom is 0.220 e. The van der Waals surface area contributed by atoms with Gasteiger partial charge in [0, 0.05) is 17.7 Å². The number of nitrogens with one attached hydrogen (secondary N) is 1. The molecule has 0 aliphatic heterocycles. The Hall–Kier alpha value is -3.48. The Kier molecular flexibility index (Phi) is 6.51. The Morgan fingerprint density at radius 2 is 1.82 bits per heavy atom. The van der Waals surface area contributed by atoms with Crippen molar-refractivity contribution in [1.82, 2.24) is 20.1 Å². The monoisotopic (exact) mass is 378 g/mol. The van der Waals surface area contributed by atoms with Crippen molar-refractivity contribution in [2.45, 2.75) is 26.3 Å². The largest absolute Gasteiger partial charge is 0.494 e. The van der Waals surface area contributed by atoms with Gasteiger partial charge in [-0.3, -0.25) is 14.2 Å². The molecule has 0 unspecified atom stereocenters. The van der Waals surface area contributed by atoms with E-state index in [1.54, 1.807) is 30.6 Å². The van der Waals surface area contributed by atoms with Gasteiger partial charge in [0.1, 0.15) is 12.1 Å². The van der Waals surface area contributed by atoms with Gasteiger partial charge in [-0.05, 0) is 49.7 Å². The highest BCUT2D eigenvalue weighted by Gasteiger charge is 2.08. The predicted octanol–water partition coefficient (Wildman–Crippen LogP) is 2.95. The van der Waals surface area contributed by atoms with Crippen molar-refractivity contribution in [2.24, 2.45) is 0 Å². The molecular weight excluding hydrogens is 356 g/mol. The van der Waals surface area contributed by atoms with Crippen LogP contribution in [0.15, 0.2) is 60.9 Å². The molecule has 0 fully saturated rings. The first-order valence-corrected chi connectivity index (χ1v) is 9.08. The third kappa shape index (κ3) is 5.26. The molecule has 0 bridgehead atoms. The zero-order chi connectivity index (χ0) is 19.8. The van der Waals surface area contributed by atoms with Gasteiger partial charge in [0.15, 0.2) is 11.6 Å². The number of nitrogens with zero attached hydrogens (tertiary/aromatic N) is 3. The summed E-state index contributed by atoms with van der Waals surface area (Å²) in [5, 5.41) is 10.9. The van der Waals surface area contributed by atoms with Crippen LogP contribution in [0.2, 0.25) is 0 Å². The summed E-state index contributed by atoms with van der Waals surface area (Å²) in [6.07, 6.45) is 2.57. The van der Waals surface area contributed by atoms with E-state index >= 15 is 0 Å². The van der Waals surface area contributed by atoms with Crippen LogP contribution in [-0.2, 0) is 11.3 Å². The third-order valence-electron chi connectivity index (χ3n) is 4.17. The molecule has 0 saturated carbocycles. The number of aromatic nitrogens is 3. The van der Waals surface area contributed by atoms with Gasteiger partial charge >= 0.3 is 0 Å². The van der Waals surface area contributed by atoms with Crippen LogP contribution in [0.4, 0.5) is 0 Å². The Morgan fingerprint density at radius 1 is 1.07 bits per heavy atom. The molecule has 1 amide bonds. The number of carbonyl (C=O) groups excluding carboxylic acids is 2. The second kappa shape index (κ2) is 9.45. The molecule has 0 aliphatic carbocycles. The van der Waals surface area contributed by atoms with Crippen molar-refractivity contribution in [1.29, 1.82) is 0 Å². The fraction of sp³-hybridized carbons (Fsp3) is 0.238. The molecule has 7 heteroatoms. The summed E-state index contributed by atoms with van der Waals surface area (Å²) in [6, 6.07) is 16.7.